The minimum Gasteiger partial charge on any atom is -0.372 e. The fourth-order valence-electron chi connectivity index (χ4n) is 2.14. The molecule has 1 aromatic rings. The third kappa shape index (κ3) is 3.06. The van der Waals surface area contributed by atoms with Crippen LogP contribution in [-0.2, 0) is 24.4 Å². The number of unbranched alkanes of at least 4 members (excludes halogenated alkanes) is 1. The Morgan fingerprint density at radius 3 is 2.94 bits per heavy atom. The first-order valence-electron chi connectivity index (χ1n) is 6.29. The van der Waals surface area contributed by atoms with E-state index in [1.54, 1.807) is 0 Å². The van der Waals surface area contributed by atoms with Crippen LogP contribution >= 0.6 is 0 Å². The van der Waals surface area contributed by atoms with E-state index in [9.17, 15) is 0 Å². The average Bonchev–Trinajstić information content (AvgIpc) is 2.76. The van der Waals surface area contributed by atoms with Gasteiger partial charge in [0.15, 0.2) is 0 Å². The highest BCUT2D eigenvalue weighted by Crippen LogP contribution is 2.21. The van der Waals surface area contributed by atoms with E-state index in [-0.39, 0.29) is 0 Å². The molecule has 0 unspecified atom stereocenters. The van der Waals surface area contributed by atoms with Crippen LogP contribution in [0, 0.1) is 0 Å². The molecule has 2 heteroatoms. The minimum absolute atomic E-state index is 0.802. The van der Waals surface area contributed by atoms with Gasteiger partial charge in [-0.1, -0.05) is 25.1 Å². The van der Waals surface area contributed by atoms with Crippen molar-refractivity contribution in [2.45, 2.75) is 39.4 Å². The highest BCUT2D eigenvalue weighted by atomic mass is 16.5. The first kappa shape index (κ1) is 11.6. The summed E-state index contributed by atoms with van der Waals surface area (Å²) in [5.74, 6) is 0. The topological polar surface area (TPSA) is 21.3 Å². The maximum absolute atomic E-state index is 5.42. The molecule has 1 heterocycles. The zero-order valence-corrected chi connectivity index (χ0v) is 10.1. The summed E-state index contributed by atoms with van der Waals surface area (Å²) in [6.07, 6.45) is 3.73. The molecular formula is C14H21NO. The van der Waals surface area contributed by atoms with Gasteiger partial charge in [-0.25, -0.2) is 0 Å². The largest absolute Gasteiger partial charge is 0.372 e. The second kappa shape index (κ2) is 6.02. The van der Waals surface area contributed by atoms with Gasteiger partial charge in [-0.3, -0.25) is 0 Å². The summed E-state index contributed by atoms with van der Waals surface area (Å²) in [6, 6.07) is 6.79. The molecule has 0 aromatic heterocycles. The monoisotopic (exact) mass is 219 g/mol. The zero-order valence-electron chi connectivity index (χ0n) is 10.1. The second-order valence-corrected chi connectivity index (χ2v) is 4.41. The maximum Gasteiger partial charge on any atom is 0.0725 e. The molecule has 1 N–H and O–H groups in total. The van der Waals surface area contributed by atoms with E-state index in [4.69, 9.17) is 4.74 Å². The normalized spacial score (nSPS) is 14.1. The van der Waals surface area contributed by atoms with Gasteiger partial charge in [0.25, 0.3) is 0 Å². The summed E-state index contributed by atoms with van der Waals surface area (Å²) in [6.45, 7) is 5.98. The number of nitrogens with one attached hydrogen (secondary N) is 1. The van der Waals surface area contributed by atoms with Gasteiger partial charge in [0.05, 0.1) is 13.2 Å². The van der Waals surface area contributed by atoms with E-state index in [2.05, 4.69) is 30.4 Å². The molecular weight excluding hydrogens is 198 g/mol. The Morgan fingerprint density at radius 1 is 1.19 bits per heavy atom. The first-order chi connectivity index (χ1) is 7.90. The van der Waals surface area contributed by atoms with Crippen molar-refractivity contribution in [2.75, 3.05) is 13.1 Å². The Hall–Kier alpha value is -0.860. The third-order valence-electron chi connectivity index (χ3n) is 3.10. The number of hydrogen-bond acceptors (Lipinski definition) is 2. The van der Waals surface area contributed by atoms with Crippen molar-refractivity contribution < 1.29 is 4.74 Å². The summed E-state index contributed by atoms with van der Waals surface area (Å²) < 4.78 is 5.42. The lowest BCUT2D eigenvalue weighted by atomic mass is 10.0. The maximum atomic E-state index is 5.42. The zero-order chi connectivity index (χ0) is 11.2. The standard InChI is InChI=1S/C14H21NO/c1-2-15-8-4-3-5-12-6-7-13-10-16-11-14(13)9-12/h6-7,9,15H,2-5,8,10-11H2,1H3. The van der Waals surface area contributed by atoms with Crippen LogP contribution in [0.15, 0.2) is 18.2 Å². The Labute approximate surface area is 98.0 Å². The van der Waals surface area contributed by atoms with Crippen molar-refractivity contribution in [3.05, 3.63) is 34.9 Å². The van der Waals surface area contributed by atoms with E-state index in [0.29, 0.717) is 0 Å². The summed E-state index contributed by atoms with van der Waals surface area (Å²) in [5, 5.41) is 3.36. The summed E-state index contributed by atoms with van der Waals surface area (Å²) in [5.41, 5.74) is 4.22. The molecule has 0 amide bonds. The molecule has 0 saturated carbocycles. The SMILES string of the molecule is CCNCCCCc1ccc2c(c1)COC2. The molecule has 0 saturated heterocycles. The van der Waals surface area contributed by atoms with Gasteiger partial charge in [-0.15, -0.1) is 0 Å². The smallest absolute Gasteiger partial charge is 0.0725 e. The number of hydrogen-bond donors (Lipinski definition) is 1. The van der Waals surface area contributed by atoms with Gasteiger partial charge >= 0.3 is 0 Å². The average molecular weight is 219 g/mol. The lowest BCUT2D eigenvalue weighted by Crippen LogP contribution is -2.13. The van der Waals surface area contributed by atoms with Crippen LogP contribution in [0.4, 0.5) is 0 Å². The van der Waals surface area contributed by atoms with Crippen molar-refractivity contribution >= 4 is 0 Å². The summed E-state index contributed by atoms with van der Waals surface area (Å²) >= 11 is 0. The Bertz CT molecular complexity index is 336. The van der Waals surface area contributed by atoms with Crippen molar-refractivity contribution in [3.8, 4) is 0 Å². The fourth-order valence-corrected chi connectivity index (χ4v) is 2.14. The number of benzene rings is 1. The number of ether oxygens (including phenoxy) is 1. The van der Waals surface area contributed by atoms with Crippen molar-refractivity contribution in [3.63, 3.8) is 0 Å². The Balaban J connectivity index is 1.77. The Kier molecular flexibility index (Phi) is 4.37. The molecule has 1 aliphatic rings. The molecule has 1 aromatic carbocycles. The lowest BCUT2D eigenvalue weighted by Gasteiger charge is -2.04. The number of rotatable bonds is 6. The molecule has 2 nitrogen and oxygen atoms in total. The van der Waals surface area contributed by atoms with Gasteiger partial charge < -0.3 is 10.1 Å². The van der Waals surface area contributed by atoms with Crippen molar-refractivity contribution in [1.29, 1.82) is 0 Å². The van der Waals surface area contributed by atoms with Crippen LogP contribution in [-0.4, -0.2) is 13.1 Å². The van der Waals surface area contributed by atoms with Gasteiger partial charge in [-0.2, -0.15) is 0 Å². The molecule has 2 rings (SSSR count). The first-order valence-corrected chi connectivity index (χ1v) is 6.29. The molecule has 1 aliphatic heterocycles. The van der Waals surface area contributed by atoms with Crippen LogP contribution in [0.5, 0.6) is 0 Å². The van der Waals surface area contributed by atoms with E-state index in [0.717, 1.165) is 26.3 Å². The van der Waals surface area contributed by atoms with Crippen LogP contribution in [0.2, 0.25) is 0 Å². The van der Waals surface area contributed by atoms with Crippen LogP contribution in [0.3, 0.4) is 0 Å². The van der Waals surface area contributed by atoms with Gasteiger partial charge in [0.2, 0.25) is 0 Å². The molecule has 0 bridgehead atoms. The predicted octanol–water partition coefficient (Wildman–Crippen LogP) is 2.65. The Morgan fingerprint density at radius 2 is 2.06 bits per heavy atom. The molecule has 88 valence electrons. The molecule has 0 aliphatic carbocycles. The van der Waals surface area contributed by atoms with Crippen molar-refractivity contribution in [1.82, 2.24) is 5.32 Å². The molecule has 0 atom stereocenters. The van der Waals surface area contributed by atoms with E-state index < -0.39 is 0 Å². The third-order valence-corrected chi connectivity index (χ3v) is 3.10. The summed E-state index contributed by atoms with van der Waals surface area (Å²) in [7, 11) is 0. The van der Waals surface area contributed by atoms with Crippen molar-refractivity contribution in [2.24, 2.45) is 0 Å². The molecule has 0 spiro atoms. The predicted molar refractivity (Wildman–Crippen MR) is 66.4 cm³/mol. The quantitative estimate of drug-likeness (QED) is 0.743. The van der Waals surface area contributed by atoms with Crippen LogP contribution in [0.1, 0.15) is 36.5 Å². The second-order valence-electron chi connectivity index (χ2n) is 4.41. The molecule has 0 fully saturated rings. The fraction of sp³-hybridized carbons (Fsp3) is 0.571. The van der Waals surface area contributed by atoms with E-state index in [1.165, 1.54) is 36.0 Å². The van der Waals surface area contributed by atoms with E-state index >= 15 is 0 Å². The number of fused-ring (bicyclic) bond motifs is 1. The minimum atomic E-state index is 0.802. The van der Waals surface area contributed by atoms with E-state index in [1.807, 2.05) is 0 Å². The van der Waals surface area contributed by atoms with Gasteiger partial charge in [0.1, 0.15) is 0 Å². The number of aryl methyl sites for hydroxylation is 1. The lowest BCUT2D eigenvalue weighted by molar-refractivity contribution is 0.134. The highest BCUT2D eigenvalue weighted by molar-refractivity contribution is 5.33. The summed E-state index contributed by atoms with van der Waals surface area (Å²) in [4.78, 5) is 0. The highest BCUT2D eigenvalue weighted by Gasteiger charge is 2.10. The molecule has 16 heavy (non-hydrogen) atoms. The molecule has 0 radical (unpaired) electrons. The van der Waals surface area contributed by atoms with Gasteiger partial charge in [0, 0.05) is 0 Å². The van der Waals surface area contributed by atoms with Gasteiger partial charge in [-0.05, 0) is 49.0 Å². The van der Waals surface area contributed by atoms with Crippen LogP contribution in [0.25, 0.3) is 0 Å². The van der Waals surface area contributed by atoms with Crippen LogP contribution < -0.4 is 5.32 Å².